The number of amides is 2. The fraction of sp³-hybridized carbons (Fsp3) is 0.583. The molecule has 1 radical (unpaired) electrons. The molecule has 7 nitrogen and oxygen atoms in total. The topological polar surface area (TPSA) is 91.2 Å². The van der Waals surface area contributed by atoms with Gasteiger partial charge in [-0.2, -0.15) is 4.99 Å². The summed E-state index contributed by atoms with van der Waals surface area (Å²) < 4.78 is 5.09. The van der Waals surface area contributed by atoms with E-state index >= 15 is 0 Å². The van der Waals surface area contributed by atoms with Crippen LogP contribution in [0.5, 0.6) is 0 Å². The number of alkyl carbamates (subject to hydrolysis) is 1. The van der Waals surface area contributed by atoms with E-state index in [0.29, 0.717) is 19.5 Å². The number of aliphatic hydroxyl groups is 1. The summed E-state index contributed by atoms with van der Waals surface area (Å²) in [6.07, 6.45) is 1.49. The standard InChI is InChI=1S/C12H19N3O4.Ac/c1-12(2,3)19-11(18)14-10(13-8-17)15-5-4-9(6-15)7-16;/h4,8,16H,5-7H2,1-3H3,(H,13,14,17,18);. The summed E-state index contributed by atoms with van der Waals surface area (Å²) in [5.74, 6) is 0.115. The Bertz CT molecular complexity index is 415. The zero-order valence-corrected chi connectivity index (χ0v) is 16.7. The first kappa shape index (κ1) is 19.6. The van der Waals surface area contributed by atoms with Crippen molar-refractivity contribution in [1.29, 1.82) is 0 Å². The van der Waals surface area contributed by atoms with Gasteiger partial charge >= 0.3 is 6.09 Å². The Kier molecular flexibility index (Phi) is 8.56. The maximum atomic E-state index is 11.6. The van der Waals surface area contributed by atoms with Crippen LogP contribution in [0.4, 0.5) is 4.79 Å². The summed E-state index contributed by atoms with van der Waals surface area (Å²) in [5.41, 5.74) is 0.181. The molecular weight excluding hydrogens is 477 g/mol. The van der Waals surface area contributed by atoms with Crippen LogP contribution in [0.3, 0.4) is 0 Å². The van der Waals surface area contributed by atoms with Crippen molar-refractivity contribution in [3.05, 3.63) is 11.6 Å². The Morgan fingerprint density at radius 3 is 2.70 bits per heavy atom. The minimum absolute atomic E-state index is 0. The summed E-state index contributed by atoms with van der Waals surface area (Å²) in [6, 6.07) is 0. The minimum Gasteiger partial charge on any atom is -0.444 e. The number of aliphatic hydroxyl groups excluding tert-OH is 1. The molecule has 2 N–H and O–H groups in total. The van der Waals surface area contributed by atoms with E-state index in [1.54, 1.807) is 25.7 Å². The van der Waals surface area contributed by atoms with Gasteiger partial charge in [-0.3, -0.25) is 10.1 Å². The van der Waals surface area contributed by atoms with Gasteiger partial charge in [0.1, 0.15) is 5.60 Å². The number of nitrogens with zero attached hydrogens (tertiary/aromatic N) is 2. The van der Waals surface area contributed by atoms with Crippen LogP contribution < -0.4 is 5.32 Å². The smallest absolute Gasteiger partial charge is 0.414 e. The first-order valence-electron chi connectivity index (χ1n) is 5.91. The van der Waals surface area contributed by atoms with E-state index in [9.17, 15) is 9.59 Å². The fourth-order valence-electron chi connectivity index (χ4n) is 1.53. The van der Waals surface area contributed by atoms with Crippen molar-refractivity contribution in [2.45, 2.75) is 26.4 Å². The molecule has 109 valence electrons. The van der Waals surface area contributed by atoms with E-state index in [1.807, 2.05) is 6.08 Å². The van der Waals surface area contributed by atoms with Gasteiger partial charge in [0.25, 0.3) is 0 Å². The number of nitrogens with one attached hydrogen (secondary N) is 1. The van der Waals surface area contributed by atoms with Gasteiger partial charge in [-0.15, -0.1) is 0 Å². The van der Waals surface area contributed by atoms with Gasteiger partial charge in [0.2, 0.25) is 12.4 Å². The van der Waals surface area contributed by atoms with Crippen molar-refractivity contribution in [3.63, 3.8) is 0 Å². The number of hydrogen-bond donors (Lipinski definition) is 2. The number of guanidine groups is 1. The fourth-order valence-corrected chi connectivity index (χ4v) is 1.53. The van der Waals surface area contributed by atoms with E-state index in [4.69, 9.17) is 9.84 Å². The van der Waals surface area contributed by atoms with Crippen LogP contribution in [0.2, 0.25) is 0 Å². The number of rotatable bonds is 2. The van der Waals surface area contributed by atoms with Crippen LogP contribution in [-0.4, -0.2) is 53.8 Å². The second kappa shape index (κ2) is 8.75. The van der Waals surface area contributed by atoms with Crippen LogP contribution in [0.1, 0.15) is 20.8 Å². The molecule has 0 aromatic carbocycles. The van der Waals surface area contributed by atoms with Crippen molar-refractivity contribution in [2.75, 3.05) is 19.7 Å². The van der Waals surface area contributed by atoms with Gasteiger partial charge in [0.15, 0.2) is 0 Å². The molecule has 0 aromatic rings. The third-order valence-electron chi connectivity index (χ3n) is 2.28. The number of carbonyl (C=O) groups is 2. The predicted octanol–water partition coefficient (Wildman–Crippen LogP) is 0.258. The van der Waals surface area contributed by atoms with Gasteiger partial charge in [0, 0.05) is 57.2 Å². The largest absolute Gasteiger partial charge is 0.444 e. The third-order valence-corrected chi connectivity index (χ3v) is 2.28. The van der Waals surface area contributed by atoms with Crippen molar-refractivity contribution in [3.8, 4) is 0 Å². The second-order valence-corrected chi connectivity index (χ2v) is 5.09. The Labute approximate surface area is 154 Å². The summed E-state index contributed by atoms with van der Waals surface area (Å²) in [4.78, 5) is 27.4. The second-order valence-electron chi connectivity index (χ2n) is 5.09. The SMILES string of the molecule is CC(C)(C)OC(=O)NC(=NC=O)N1CC=C(CO)C1.[Ac]. The van der Waals surface area contributed by atoms with Crippen molar-refractivity contribution in [1.82, 2.24) is 10.2 Å². The molecule has 1 aliphatic heterocycles. The zero-order valence-electron chi connectivity index (χ0n) is 11.9. The van der Waals surface area contributed by atoms with Crippen molar-refractivity contribution in [2.24, 2.45) is 4.99 Å². The zero-order chi connectivity index (χ0) is 14.5. The Morgan fingerprint density at radius 1 is 1.60 bits per heavy atom. The number of carbonyl (C=O) groups excluding carboxylic acids is 2. The van der Waals surface area contributed by atoms with Crippen molar-refractivity contribution < 1.29 is 63.5 Å². The Balaban J connectivity index is 0.00000361. The molecule has 2 amide bonds. The van der Waals surface area contributed by atoms with E-state index in [1.165, 1.54) is 0 Å². The summed E-state index contributed by atoms with van der Waals surface area (Å²) in [7, 11) is 0. The van der Waals surface area contributed by atoms with Crippen molar-refractivity contribution >= 4 is 18.5 Å². The number of ether oxygens (including phenoxy) is 1. The quantitative estimate of drug-likeness (QED) is 0.248. The molecule has 0 saturated heterocycles. The van der Waals surface area contributed by atoms with Gasteiger partial charge < -0.3 is 14.7 Å². The van der Waals surface area contributed by atoms with Crippen LogP contribution >= 0.6 is 0 Å². The summed E-state index contributed by atoms with van der Waals surface area (Å²) in [6.45, 7) is 6.05. The molecule has 20 heavy (non-hydrogen) atoms. The molecular formula is C12H19AcN3O4. The van der Waals surface area contributed by atoms with E-state index in [2.05, 4.69) is 10.3 Å². The first-order valence-corrected chi connectivity index (χ1v) is 5.91. The van der Waals surface area contributed by atoms with E-state index in [-0.39, 0.29) is 56.6 Å². The molecule has 0 aromatic heterocycles. The molecule has 0 aliphatic carbocycles. The van der Waals surface area contributed by atoms with Gasteiger partial charge in [-0.1, -0.05) is 6.08 Å². The van der Waals surface area contributed by atoms with Gasteiger partial charge in [0.05, 0.1) is 6.61 Å². The number of hydrogen-bond acceptors (Lipinski definition) is 4. The average Bonchev–Trinajstić information content (AvgIpc) is 2.74. The maximum absolute atomic E-state index is 11.6. The molecule has 0 atom stereocenters. The maximum Gasteiger partial charge on any atom is 0.414 e. The third kappa shape index (κ3) is 6.82. The van der Waals surface area contributed by atoms with Crippen LogP contribution in [0.15, 0.2) is 16.6 Å². The molecule has 8 heteroatoms. The molecule has 0 bridgehead atoms. The van der Waals surface area contributed by atoms with Crippen LogP contribution in [-0.2, 0) is 9.53 Å². The summed E-state index contributed by atoms with van der Waals surface area (Å²) in [5, 5.41) is 11.4. The molecule has 0 spiro atoms. The monoisotopic (exact) mass is 496 g/mol. The average molecular weight is 496 g/mol. The molecule has 0 unspecified atom stereocenters. The Hall–Kier alpha value is -0.448. The molecule has 0 saturated carbocycles. The van der Waals surface area contributed by atoms with Crippen LogP contribution in [0, 0.1) is 44.1 Å². The first-order chi connectivity index (χ1) is 8.85. The summed E-state index contributed by atoms with van der Waals surface area (Å²) >= 11 is 0. The van der Waals surface area contributed by atoms with E-state index < -0.39 is 11.7 Å². The normalized spacial score (nSPS) is 15.3. The molecule has 1 rings (SSSR count). The van der Waals surface area contributed by atoms with E-state index in [0.717, 1.165) is 5.57 Å². The molecule has 0 fully saturated rings. The Morgan fingerprint density at radius 2 is 2.25 bits per heavy atom. The van der Waals surface area contributed by atoms with Crippen LogP contribution in [0.25, 0.3) is 0 Å². The molecule has 1 aliphatic rings. The van der Waals surface area contributed by atoms with Gasteiger partial charge in [-0.05, 0) is 26.3 Å². The predicted molar refractivity (Wildman–Crippen MR) is 69.6 cm³/mol. The molecule has 1 heterocycles. The number of aliphatic imine (C=N–C) groups is 1. The minimum atomic E-state index is -0.675. The van der Waals surface area contributed by atoms with Gasteiger partial charge in [-0.25, -0.2) is 4.79 Å².